The summed E-state index contributed by atoms with van der Waals surface area (Å²) in [5, 5.41) is 3.42. The van der Waals surface area contributed by atoms with Crippen LogP contribution >= 0.6 is 0 Å². The number of nitrogens with zero attached hydrogens (tertiary/aromatic N) is 3. The van der Waals surface area contributed by atoms with Gasteiger partial charge >= 0.3 is 0 Å². The predicted octanol–water partition coefficient (Wildman–Crippen LogP) is 2.18. The summed E-state index contributed by atoms with van der Waals surface area (Å²) < 4.78 is 5.76. The smallest absolute Gasteiger partial charge is 0.193 e. The summed E-state index contributed by atoms with van der Waals surface area (Å²) in [6.07, 6.45) is 8.40. The maximum atomic E-state index is 5.76. The van der Waals surface area contributed by atoms with E-state index in [1.54, 1.807) is 0 Å². The number of nitrogens with one attached hydrogen (secondary N) is 1. The number of likely N-dealkylation sites (N-methyl/N-ethyl adjacent to an activating group) is 1. The van der Waals surface area contributed by atoms with Gasteiger partial charge in [-0.2, -0.15) is 0 Å². The SMILES string of the molecule is CCNC(=NCCN(CC1CC1)C1CC1)N(C)CCOCC1CC1. The molecule has 0 radical (unpaired) electrons. The number of ether oxygens (including phenoxy) is 1. The van der Waals surface area contributed by atoms with E-state index in [9.17, 15) is 0 Å². The molecule has 0 atom stereocenters. The van der Waals surface area contributed by atoms with E-state index in [0.717, 1.165) is 63.2 Å². The van der Waals surface area contributed by atoms with Gasteiger partial charge in [0.05, 0.1) is 13.2 Å². The molecule has 24 heavy (non-hydrogen) atoms. The Morgan fingerprint density at radius 2 is 1.83 bits per heavy atom. The molecule has 3 aliphatic carbocycles. The van der Waals surface area contributed by atoms with Gasteiger partial charge in [-0.05, 0) is 57.3 Å². The third-order valence-electron chi connectivity index (χ3n) is 5.22. The van der Waals surface area contributed by atoms with Gasteiger partial charge in [0.2, 0.25) is 0 Å². The molecule has 0 unspecified atom stereocenters. The highest BCUT2D eigenvalue weighted by molar-refractivity contribution is 5.79. The molecular weight excluding hydrogens is 300 g/mol. The molecule has 5 heteroatoms. The second-order valence-electron chi connectivity index (χ2n) is 7.84. The van der Waals surface area contributed by atoms with E-state index in [1.165, 1.54) is 45.1 Å². The van der Waals surface area contributed by atoms with E-state index in [-0.39, 0.29) is 0 Å². The molecule has 5 nitrogen and oxygen atoms in total. The Morgan fingerprint density at radius 3 is 2.46 bits per heavy atom. The third kappa shape index (κ3) is 6.60. The summed E-state index contributed by atoms with van der Waals surface area (Å²) in [7, 11) is 2.12. The van der Waals surface area contributed by atoms with Crippen LogP contribution in [0.25, 0.3) is 0 Å². The van der Waals surface area contributed by atoms with E-state index in [1.807, 2.05) is 0 Å². The Balaban J connectivity index is 1.37. The summed E-state index contributed by atoms with van der Waals surface area (Å²) in [5.41, 5.74) is 0. The van der Waals surface area contributed by atoms with Crippen molar-refractivity contribution < 1.29 is 4.74 Å². The lowest BCUT2D eigenvalue weighted by molar-refractivity contribution is 0.115. The lowest BCUT2D eigenvalue weighted by Gasteiger charge is -2.24. The largest absolute Gasteiger partial charge is 0.379 e. The first-order valence-electron chi connectivity index (χ1n) is 10.1. The zero-order chi connectivity index (χ0) is 16.8. The van der Waals surface area contributed by atoms with Crippen molar-refractivity contribution in [1.82, 2.24) is 15.1 Å². The Labute approximate surface area is 147 Å². The van der Waals surface area contributed by atoms with Gasteiger partial charge in [0.1, 0.15) is 0 Å². The van der Waals surface area contributed by atoms with Crippen LogP contribution in [0.15, 0.2) is 4.99 Å². The fraction of sp³-hybridized carbons (Fsp3) is 0.947. The molecule has 3 saturated carbocycles. The van der Waals surface area contributed by atoms with Crippen LogP contribution in [-0.2, 0) is 4.74 Å². The average molecular weight is 337 g/mol. The first-order valence-corrected chi connectivity index (χ1v) is 10.1. The molecule has 0 aromatic carbocycles. The molecule has 0 spiro atoms. The lowest BCUT2D eigenvalue weighted by Crippen LogP contribution is -2.41. The van der Waals surface area contributed by atoms with Gasteiger partial charge in [0, 0.05) is 45.9 Å². The Morgan fingerprint density at radius 1 is 1.08 bits per heavy atom. The summed E-state index contributed by atoms with van der Waals surface area (Å²) in [6.45, 7) is 9.03. The summed E-state index contributed by atoms with van der Waals surface area (Å²) >= 11 is 0. The maximum Gasteiger partial charge on any atom is 0.193 e. The van der Waals surface area contributed by atoms with Crippen molar-refractivity contribution in [1.29, 1.82) is 0 Å². The van der Waals surface area contributed by atoms with Crippen molar-refractivity contribution in [2.75, 3.05) is 53.0 Å². The highest BCUT2D eigenvalue weighted by Gasteiger charge is 2.33. The Kier molecular flexibility index (Phi) is 6.78. The number of guanidine groups is 1. The van der Waals surface area contributed by atoms with Crippen molar-refractivity contribution in [2.45, 2.75) is 51.5 Å². The van der Waals surface area contributed by atoms with Gasteiger partial charge in [0.25, 0.3) is 0 Å². The van der Waals surface area contributed by atoms with Gasteiger partial charge < -0.3 is 15.0 Å². The summed E-state index contributed by atoms with van der Waals surface area (Å²) in [4.78, 5) is 9.74. The molecule has 1 N–H and O–H groups in total. The molecule has 0 bridgehead atoms. The molecule has 3 fully saturated rings. The van der Waals surface area contributed by atoms with Crippen molar-refractivity contribution in [3.8, 4) is 0 Å². The minimum Gasteiger partial charge on any atom is -0.379 e. The molecule has 0 aromatic rings. The summed E-state index contributed by atoms with van der Waals surface area (Å²) in [6, 6.07) is 0.858. The predicted molar refractivity (Wildman–Crippen MR) is 99.5 cm³/mol. The van der Waals surface area contributed by atoms with Gasteiger partial charge in [-0.25, -0.2) is 0 Å². The maximum absolute atomic E-state index is 5.76. The number of aliphatic imine (C=N–C) groups is 1. The van der Waals surface area contributed by atoms with Gasteiger partial charge in [-0.3, -0.25) is 9.89 Å². The molecule has 0 aliphatic heterocycles. The van der Waals surface area contributed by atoms with Crippen LogP contribution in [-0.4, -0.2) is 74.8 Å². The summed E-state index contributed by atoms with van der Waals surface area (Å²) in [5.74, 6) is 2.85. The van der Waals surface area contributed by atoms with Crippen LogP contribution in [0.1, 0.15) is 45.4 Å². The van der Waals surface area contributed by atoms with E-state index >= 15 is 0 Å². The van der Waals surface area contributed by atoms with Crippen LogP contribution in [0.4, 0.5) is 0 Å². The molecule has 138 valence electrons. The lowest BCUT2D eigenvalue weighted by atomic mass is 10.3. The van der Waals surface area contributed by atoms with E-state index in [0.29, 0.717) is 0 Å². The van der Waals surface area contributed by atoms with Crippen LogP contribution in [0.3, 0.4) is 0 Å². The molecule has 0 aromatic heterocycles. The molecule has 3 rings (SSSR count). The van der Waals surface area contributed by atoms with Crippen LogP contribution in [0.2, 0.25) is 0 Å². The first-order chi connectivity index (χ1) is 11.8. The molecular formula is C19H36N4O. The minimum atomic E-state index is 0.799. The van der Waals surface area contributed by atoms with Crippen LogP contribution in [0, 0.1) is 11.8 Å². The number of rotatable bonds is 12. The van der Waals surface area contributed by atoms with Gasteiger partial charge in [-0.15, -0.1) is 0 Å². The van der Waals surface area contributed by atoms with Crippen molar-refractivity contribution in [3.63, 3.8) is 0 Å². The second-order valence-corrected chi connectivity index (χ2v) is 7.84. The number of hydrogen-bond acceptors (Lipinski definition) is 3. The number of hydrogen-bond donors (Lipinski definition) is 1. The highest BCUT2D eigenvalue weighted by atomic mass is 16.5. The highest BCUT2D eigenvalue weighted by Crippen LogP contribution is 2.34. The molecule has 0 amide bonds. The third-order valence-corrected chi connectivity index (χ3v) is 5.22. The molecule has 3 aliphatic rings. The Bertz CT molecular complexity index is 402. The molecule has 0 heterocycles. The van der Waals surface area contributed by atoms with Crippen LogP contribution in [0.5, 0.6) is 0 Å². The first kappa shape index (κ1) is 18.0. The fourth-order valence-electron chi connectivity index (χ4n) is 3.09. The van der Waals surface area contributed by atoms with E-state index in [4.69, 9.17) is 9.73 Å². The van der Waals surface area contributed by atoms with E-state index in [2.05, 4.69) is 29.1 Å². The van der Waals surface area contributed by atoms with Gasteiger partial charge in [-0.1, -0.05) is 0 Å². The monoisotopic (exact) mass is 336 g/mol. The van der Waals surface area contributed by atoms with E-state index < -0.39 is 0 Å². The van der Waals surface area contributed by atoms with Crippen molar-refractivity contribution in [2.24, 2.45) is 16.8 Å². The zero-order valence-electron chi connectivity index (χ0n) is 15.7. The Hall–Kier alpha value is -0.810. The quantitative estimate of drug-likeness (QED) is 0.337. The fourth-order valence-corrected chi connectivity index (χ4v) is 3.09. The topological polar surface area (TPSA) is 40.1 Å². The standard InChI is InChI=1S/C19H36N4O/c1-3-20-19(22(2)12-13-24-15-17-6-7-17)21-10-11-23(18-8-9-18)14-16-4-5-16/h16-18H,3-15H2,1-2H3,(H,20,21). The normalized spacial score (nSPS) is 21.4. The minimum absolute atomic E-state index is 0.799. The van der Waals surface area contributed by atoms with Gasteiger partial charge in [0.15, 0.2) is 5.96 Å². The zero-order valence-corrected chi connectivity index (χ0v) is 15.7. The second kappa shape index (κ2) is 9.04. The average Bonchev–Trinajstić information content (AvgIpc) is 3.42. The van der Waals surface area contributed by atoms with Crippen molar-refractivity contribution in [3.05, 3.63) is 0 Å². The molecule has 0 saturated heterocycles. The van der Waals surface area contributed by atoms with Crippen molar-refractivity contribution >= 4 is 5.96 Å². The van der Waals surface area contributed by atoms with Crippen LogP contribution < -0.4 is 5.32 Å².